The van der Waals surface area contributed by atoms with Gasteiger partial charge in [-0.05, 0) is 49.0 Å². The molecule has 1 aliphatic carbocycles. The predicted octanol–water partition coefficient (Wildman–Crippen LogP) is 2.76. The topological polar surface area (TPSA) is 35.6 Å². The van der Waals surface area contributed by atoms with Crippen molar-refractivity contribution in [3.63, 3.8) is 0 Å². The highest BCUT2D eigenvalue weighted by Crippen LogP contribution is 2.34. The van der Waals surface area contributed by atoms with Crippen LogP contribution in [0.5, 0.6) is 0 Å². The maximum atomic E-state index is 12.5. The van der Waals surface area contributed by atoms with Crippen LogP contribution in [-0.4, -0.2) is 48.1 Å². The number of piperidine rings is 1. The molecule has 4 fully saturated rings. The fraction of sp³-hybridized carbons (Fsp3) is 0.706. The average Bonchev–Trinajstić information content (AvgIpc) is 3.26. The van der Waals surface area contributed by atoms with Crippen molar-refractivity contribution in [3.8, 4) is 0 Å². The van der Waals surface area contributed by atoms with Crippen LogP contribution in [-0.2, 0) is 6.54 Å². The SMILES string of the molecule is O=C(NCc1cccs1)N1C[C@H]2CC[C@@H](C1)N(CC1CC1)C2. The Bertz CT molecular complexity index is 514. The number of hydrogen-bond acceptors (Lipinski definition) is 3. The molecule has 3 saturated heterocycles. The number of hydrogen-bond donors (Lipinski definition) is 1. The van der Waals surface area contributed by atoms with Gasteiger partial charge in [0.25, 0.3) is 0 Å². The van der Waals surface area contributed by atoms with Crippen molar-refractivity contribution in [2.75, 3.05) is 26.2 Å². The van der Waals surface area contributed by atoms with Gasteiger partial charge in [0.15, 0.2) is 0 Å². The maximum absolute atomic E-state index is 12.5. The fourth-order valence-corrected chi connectivity index (χ4v) is 4.53. The Labute approximate surface area is 136 Å². The van der Waals surface area contributed by atoms with Gasteiger partial charge in [0.1, 0.15) is 0 Å². The van der Waals surface area contributed by atoms with Crippen LogP contribution < -0.4 is 5.32 Å². The van der Waals surface area contributed by atoms with Crippen molar-refractivity contribution in [1.29, 1.82) is 0 Å². The number of nitrogens with zero attached hydrogens (tertiary/aromatic N) is 2. The fourth-order valence-electron chi connectivity index (χ4n) is 3.89. The number of rotatable bonds is 4. The molecule has 120 valence electrons. The Kier molecular flexibility index (Phi) is 4.09. The van der Waals surface area contributed by atoms with Gasteiger partial charge < -0.3 is 10.2 Å². The first-order valence-electron chi connectivity index (χ1n) is 8.57. The zero-order valence-corrected chi connectivity index (χ0v) is 13.9. The van der Waals surface area contributed by atoms with Gasteiger partial charge in [0.2, 0.25) is 0 Å². The highest BCUT2D eigenvalue weighted by molar-refractivity contribution is 7.09. The van der Waals surface area contributed by atoms with Gasteiger partial charge in [-0.15, -0.1) is 11.3 Å². The van der Waals surface area contributed by atoms with Crippen LogP contribution in [0.4, 0.5) is 4.79 Å². The molecule has 4 heterocycles. The van der Waals surface area contributed by atoms with Crippen molar-refractivity contribution in [2.24, 2.45) is 11.8 Å². The molecule has 1 aromatic rings. The highest BCUT2D eigenvalue weighted by atomic mass is 32.1. The summed E-state index contributed by atoms with van der Waals surface area (Å²) in [4.78, 5) is 18.5. The molecule has 0 unspecified atom stereocenters. The first-order valence-corrected chi connectivity index (χ1v) is 9.45. The Balaban J connectivity index is 1.35. The highest BCUT2D eigenvalue weighted by Gasteiger charge is 2.38. The second kappa shape index (κ2) is 6.20. The Morgan fingerprint density at radius 3 is 2.91 bits per heavy atom. The smallest absolute Gasteiger partial charge is 0.317 e. The number of fused-ring (bicyclic) bond motifs is 4. The van der Waals surface area contributed by atoms with E-state index < -0.39 is 0 Å². The van der Waals surface area contributed by atoms with Crippen molar-refractivity contribution < 1.29 is 4.79 Å². The Hall–Kier alpha value is -1.07. The van der Waals surface area contributed by atoms with Gasteiger partial charge in [-0.2, -0.15) is 0 Å². The van der Waals surface area contributed by atoms with Crippen LogP contribution in [0.2, 0.25) is 0 Å². The third-order valence-corrected chi connectivity index (χ3v) is 6.17. The number of nitrogens with one attached hydrogen (secondary N) is 1. The second-order valence-corrected chi connectivity index (χ2v) is 8.17. The number of carbonyl (C=O) groups is 1. The minimum Gasteiger partial charge on any atom is -0.333 e. The minimum absolute atomic E-state index is 0.124. The predicted molar refractivity (Wildman–Crippen MR) is 88.9 cm³/mol. The third-order valence-electron chi connectivity index (χ3n) is 5.30. The first-order chi connectivity index (χ1) is 10.8. The molecule has 0 aromatic carbocycles. The molecule has 2 atom stereocenters. The summed E-state index contributed by atoms with van der Waals surface area (Å²) in [6, 6.07) is 4.83. The third kappa shape index (κ3) is 3.30. The van der Waals surface area contributed by atoms with Gasteiger partial charge in [0, 0.05) is 37.1 Å². The van der Waals surface area contributed by atoms with Crippen LogP contribution in [0.25, 0.3) is 0 Å². The lowest BCUT2D eigenvalue weighted by atomic mass is 9.95. The maximum Gasteiger partial charge on any atom is 0.317 e. The van der Waals surface area contributed by atoms with E-state index in [9.17, 15) is 4.79 Å². The standard InChI is InChI=1S/C17H25N3OS/c21-17(18-8-16-2-1-7-22-16)20-11-14-5-6-15(12-20)19(10-14)9-13-3-4-13/h1-2,7,13-15H,3-6,8-12H2,(H,18,21)/t14-,15-/m0/s1. The molecule has 0 radical (unpaired) electrons. The Morgan fingerprint density at radius 1 is 1.23 bits per heavy atom. The van der Waals surface area contributed by atoms with Crippen LogP contribution in [0.3, 0.4) is 0 Å². The molecule has 4 aliphatic rings. The number of amides is 2. The zero-order valence-electron chi connectivity index (χ0n) is 13.0. The number of thiophene rings is 1. The monoisotopic (exact) mass is 319 g/mol. The molecule has 1 aromatic heterocycles. The van der Waals surface area contributed by atoms with E-state index in [1.54, 1.807) is 11.3 Å². The molecule has 5 rings (SSSR count). The van der Waals surface area contributed by atoms with E-state index in [2.05, 4.69) is 26.6 Å². The Morgan fingerprint density at radius 2 is 2.14 bits per heavy atom. The summed E-state index contributed by atoms with van der Waals surface area (Å²) in [5, 5.41) is 5.16. The average molecular weight is 319 g/mol. The van der Waals surface area contributed by atoms with E-state index in [4.69, 9.17) is 0 Å². The number of carbonyl (C=O) groups excluding carboxylic acids is 1. The first kappa shape index (κ1) is 14.5. The molecule has 1 N–H and O–H groups in total. The normalized spacial score (nSPS) is 28.6. The van der Waals surface area contributed by atoms with Crippen LogP contribution in [0.15, 0.2) is 17.5 Å². The molecular weight excluding hydrogens is 294 g/mol. The van der Waals surface area contributed by atoms with Gasteiger partial charge in [-0.25, -0.2) is 4.79 Å². The zero-order chi connectivity index (χ0) is 14.9. The van der Waals surface area contributed by atoms with Crippen molar-refractivity contribution in [2.45, 2.75) is 38.3 Å². The van der Waals surface area contributed by atoms with E-state index in [-0.39, 0.29) is 6.03 Å². The van der Waals surface area contributed by atoms with Crippen LogP contribution >= 0.6 is 11.3 Å². The van der Waals surface area contributed by atoms with Gasteiger partial charge in [-0.1, -0.05) is 6.07 Å². The molecule has 0 spiro atoms. The summed E-state index contributed by atoms with van der Waals surface area (Å²) in [5.41, 5.74) is 0. The summed E-state index contributed by atoms with van der Waals surface area (Å²) in [7, 11) is 0. The van der Waals surface area contributed by atoms with Crippen LogP contribution in [0.1, 0.15) is 30.6 Å². The molecule has 2 bridgehead atoms. The van der Waals surface area contributed by atoms with E-state index in [0.717, 1.165) is 19.0 Å². The molecule has 22 heavy (non-hydrogen) atoms. The quantitative estimate of drug-likeness (QED) is 0.926. The number of urea groups is 1. The summed E-state index contributed by atoms with van der Waals surface area (Å²) in [6.07, 6.45) is 5.39. The molecule has 4 nitrogen and oxygen atoms in total. The molecule has 5 heteroatoms. The van der Waals surface area contributed by atoms with Crippen molar-refractivity contribution >= 4 is 17.4 Å². The molecule has 2 amide bonds. The lowest BCUT2D eigenvalue weighted by Crippen LogP contribution is -2.46. The van der Waals surface area contributed by atoms with Crippen LogP contribution in [0, 0.1) is 11.8 Å². The van der Waals surface area contributed by atoms with Crippen molar-refractivity contribution in [1.82, 2.24) is 15.1 Å². The summed E-state index contributed by atoms with van der Waals surface area (Å²) in [6.45, 7) is 4.99. The molecule has 1 saturated carbocycles. The van der Waals surface area contributed by atoms with E-state index >= 15 is 0 Å². The van der Waals surface area contributed by atoms with E-state index in [1.807, 2.05) is 6.07 Å². The van der Waals surface area contributed by atoms with E-state index in [0.29, 0.717) is 18.5 Å². The summed E-state index contributed by atoms with van der Waals surface area (Å²) < 4.78 is 0. The van der Waals surface area contributed by atoms with Gasteiger partial charge >= 0.3 is 6.03 Å². The van der Waals surface area contributed by atoms with Gasteiger partial charge in [0.05, 0.1) is 6.54 Å². The minimum atomic E-state index is 0.124. The second-order valence-electron chi connectivity index (χ2n) is 7.14. The molecular formula is C17H25N3OS. The van der Waals surface area contributed by atoms with Gasteiger partial charge in [-0.3, -0.25) is 4.90 Å². The van der Waals surface area contributed by atoms with Crippen molar-refractivity contribution in [3.05, 3.63) is 22.4 Å². The largest absolute Gasteiger partial charge is 0.333 e. The van der Waals surface area contributed by atoms with E-state index in [1.165, 1.54) is 43.6 Å². The summed E-state index contributed by atoms with van der Waals surface area (Å²) in [5.74, 6) is 1.62. The summed E-state index contributed by atoms with van der Waals surface area (Å²) >= 11 is 1.70. The molecule has 3 aliphatic heterocycles. The lowest BCUT2D eigenvalue weighted by molar-refractivity contribution is 0.126. The lowest BCUT2D eigenvalue weighted by Gasteiger charge is -2.36.